The predicted molar refractivity (Wildman–Crippen MR) is 142 cm³/mol. The first-order valence-corrected chi connectivity index (χ1v) is 12.1. The van der Waals surface area contributed by atoms with Gasteiger partial charge >= 0.3 is 12.0 Å². The maximum atomic E-state index is 12.8. The number of halogens is 2. The number of anilines is 4. The number of nitrogens with zero attached hydrogens (tertiary/aromatic N) is 2. The molecule has 0 radical (unpaired) electrons. The molecule has 182 valence electrons. The van der Waals surface area contributed by atoms with Crippen molar-refractivity contribution in [2.45, 2.75) is 6.92 Å². The van der Waals surface area contributed by atoms with Gasteiger partial charge in [0, 0.05) is 47.6 Å². The molecule has 1 saturated heterocycles. The number of nitrogens with one attached hydrogen (secondary N) is 2. The van der Waals surface area contributed by atoms with Crippen LogP contribution in [0.1, 0.15) is 17.3 Å². The van der Waals surface area contributed by atoms with Crippen molar-refractivity contribution in [3.8, 4) is 0 Å². The van der Waals surface area contributed by atoms with Crippen molar-refractivity contribution in [3.05, 3.63) is 82.3 Å². The Balaban J connectivity index is 1.52. The highest BCUT2D eigenvalue weighted by molar-refractivity contribution is 6.31. The highest BCUT2D eigenvalue weighted by atomic mass is 35.5. The van der Waals surface area contributed by atoms with Gasteiger partial charge in [0.25, 0.3) is 0 Å². The van der Waals surface area contributed by atoms with Crippen molar-refractivity contribution in [2.75, 3.05) is 53.2 Å². The van der Waals surface area contributed by atoms with E-state index in [1.54, 1.807) is 43.3 Å². The number of benzene rings is 3. The first kappa shape index (κ1) is 24.7. The van der Waals surface area contributed by atoms with E-state index in [1.165, 1.54) is 0 Å². The molecule has 0 atom stereocenters. The molecule has 1 heterocycles. The van der Waals surface area contributed by atoms with Crippen molar-refractivity contribution in [3.63, 3.8) is 0 Å². The van der Waals surface area contributed by atoms with Gasteiger partial charge in [-0.15, -0.1) is 0 Å². The summed E-state index contributed by atoms with van der Waals surface area (Å²) in [5.41, 5.74) is 3.41. The predicted octanol–water partition coefficient (Wildman–Crippen LogP) is 6.14. The zero-order valence-electron chi connectivity index (χ0n) is 19.3. The fourth-order valence-electron chi connectivity index (χ4n) is 3.95. The Kier molecular flexibility index (Phi) is 8.00. The lowest BCUT2D eigenvalue weighted by Gasteiger charge is -2.38. The molecule has 2 N–H and O–H groups in total. The molecule has 3 aromatic carbocycles. The molecule has 0 unspecified atom stereocenters. The maximum absolute atomic E-state index is 12.8. The number of rotatable bonds is 6. The lowest BCUT2D eigenvalue weighted by atomic mass is 10.1. The molecule has 0 saturated carbocycles. The van der Waals surface area contributed by atoms with Gasteiger partial charge in [0.1, 0.15) is 0 Å². The van der Waals surface area contributed by atoms with Crippen LogP contribution in [0.2, 0.25) is 10.0 Å². The fourth-order valence-corrected chi connectivity index (χ4v) is 4.26. The van der Waals surface area contributed by atoms with Gasteiger partial charge < -0.3 is 25.2 Å². The molecule has 2 amide bonds. The van der Waals surface area contributed by atoms with Crippen LogP contribution in [0.5, 0.6) is 0 Å². The van der Waals surface area contributed by atoms with Gasteiger partial charge in [-0.25, -0.2) is 9.59 Å². The SMILES string of the molecule is CCOC(=O)c1ccc(N2CCN(c3cccc(Cl)c3)CC2)c(NC(=O)Nc2ccc(Cl)cc2)c1. The van der Waals surface area contributed by atoms with Crippen molar-refractivity contribution >= 4 is 58.0 Å². The highest BCUT2D eigenvalue weighted by Gasteiger charge is 2.22. The summed E-state index contributed by atoms with van der Waals surface area (Å²) in [5.74, 6) is -0.439. The van der Waals surface area contributed by atoms with Crippen molar-refractivity contribution in [1.29, 1.82) is 0 Å². The molecule has 7 nitrogen and oxygen atoms in total. The van der Waals surface area contributed by atoms with E-state index in [9.17, 15) is 9.59 Å². The number of amides is 2. The first-order valence-electron chi connectivity index (χ1n) is 11.3. The van der Waals surface area contributed by atoms with Crippen LogP contribution >= 0.6 is 23.2 Å². The quantitative estimate of drug-likeness (QED) is 0.388. The number of hydrogen-bond donors (Lipinski definition) is 2. The maximum Gasteiger partial charge on any atom is 0.338 e. The summed E-state index contributed by atoms with van der Waals surface area (Å²) in [6.07, 6.45) is 0. The minimum absolute atomic E-state index is 0.270. The molecule has 1 aliphatic heterocycles. The van der Waals surface area contributed by atoms with Gasteiger partial charge in [0.2, 0.25) is 0 Å². The topological polar surface area (TPSA) is 73.9 Å². The third-order valence-electron chi connectivity index (χ3n) is 5.65. The summed E-state index contributed by atoms with van der Waals surface area (Å²) in [6.45, 7) is 5.07. The zero-order valence-corrected chi connectivity index (χ0v) is 20.8. The molecule has 9 heteroatoms. The van der Waals surface area contributed by atoms with Crippen LogP contribution in [0, 0.1) is 0 Å². The first-order chi connectivity index (χ1) is 16.9. The lowest BCUT2D eigenvalue weighted by molar-refractivity contribution is 0.0526. The Morgan fingerprint density at radius 2 is 1.57 bits per heavy atom. The molecule has 4 rings (SSSR count). The average molecular weight is 513 g/mol. The van der Waals surface area contributed by atoms with Gasteiger partial charge in [-0.2, -0.15) is 0 Å². The van der Waals surface area contributed by atoms with Crippen LogP contribution in [0.3, 0.4) is 0 Å². The molecular weight excluding hydrogens is 487 g/mol. The van der Waals surface area contributed by atoms with Crippen LogP contribution in [-0.2, 0) is 4.74 Å². The minimum Gasteiger partial charge on any atom is -0.462 e. The van der Waals surface area contributed by atoms with E-state index < -0.39 is 12.0 Å². The largest absolute Gasteiger partial charge is 0.462 e. The van der Waals surface area contributed by atoms with Crippen molar-refractivity contribution < 1.29 is 14.3 Å². The normalized spacial score (nSPS) is 13.3. The molecular formula is C26H26Cl2N4O3. The fraction of sp³-hybridized carbons (Fsp3) is 0.231. The summed E-state index contributed by atoms with van der Waals surface area (Å²) in [4.78, 5) is 29.6. The number of piperazine rings is 1. The second kappa shape index (κ2) is 11.3. The van der Waals surface area contributed by atoms with Gasteiger partial charge in [-0.1, -0.05) is 29.3 Å². The van der Waals surface area contributed by atoms with E-state index in [0.717, 1.165) is 37.6 Å². The zero-order chi connectivity index (χ0) is 24.8. The minimum atomic E-state index is -0.439. The third-order valence-corrected chi connectivity index (χ3v) is 6.14. The van der Waals surface area contributed by atoms with Crippen LogP contribution < -0.4 is 20.4 Å². The monoisotopic (exact) mass is 512 g/mol. The molecule has 1 fully saturated rings. The van der Waals surface area contributed by atoms with E-state index in [1.807, 2.05) is 30.3 Å². The summed E-state index contributed by atoms with van der Waals surface area (Å²) in [5, 5.41) is 6.97. The second-order valence-corrected chi connectivity index (χ2v) is 8.87. The second-order valence-electron chi connectivity index (χ2n) is 7.99. The Morgan fingerprint density at radius 3 is 2.26 bits per heavy atom. The summed E-state index contributed by atoms with van der Waals surface area (Å²) in [6, 6.07) is 19.4. The van der Waals surface area contributed by atoms with Gasteiger partial charge in [0.15, 0.2) is 0 Å². The third kappa shape index (κ3) is 6.38. The standard InChI is InChI=1S/C26H26Cl2N4O3/c1-2-35-25(33)18-6-11-24(23(16-18)30-26(34)29-21-9-7-19(27)8-10-21)32-14-12-31(13-15-32)22-5-3-4-20(28)17-22/h3-11,16-17H,2,12-15H2,1H3,(H2,29,30,34). The average Bonchev–Trinajstić information content (AvgIpc) is 2.86. The van der Waals surface area contributed by atoms with Crippen LogP contribution in [0.15, 0.2) is 66.7 Å². The molecule has 0 aromatic heterocycles. The number of ether oxygens (including phenoxy) is 1. The lowest BCUT2D eigenvalue weighted by Crippen LogP contribution is -2.46. The van der Waals surface area contributed by atoms with E-state index in [-0.39, 0.29) is 6.61 Å². The van der Waals surface area contributed by atoms with E-state index >= 15 is 0 Å². The van der Waals surface area contributed by atoms with Crippen molar-refractivity contribution in [2.24, 2.45) is 0 Å². The Morgan fingerprint density at radius 1 is 0.857 bits per heavy atom. The van der Waals surface area contributed by atoms with Gasteiger partial charge in [-0.3, -0.25) is 0 Å². The molecule has 35 heavy (non-hydrogen) atoms. The van der Waals surface area contributed by atoms with Crippen LogP contribution in [0.4, 0.5) is 27.5 Å². The van der Waals surface area contributed by atoms with Crippen LogP contribution in [-0.4, -0.2) is 44.8 Å². The number of carbonyl (C=O) groups is 2. The Hall–Kier alpha value is -3.42. The molecule has 1 aliphatic rings. The number of urea groups is 1. The number of hydrogen-bond acceptors (Lipinski definition) is 5. The molecule has 3 aromatic rings. The highest BCUT2D eigenvalue weighted by Crippen LogP contribution is 2.30. The molecule has 0 spiro atoms. The Labute approximate surface area is 214 Å². The number of esters is 1. The van der Waals surface area contributed by atoms with E-state index in [0.29, 0.717) is 27.0 Å². The van der Waals surface area contributed by atoms with Crippen molar-refractivity contribution in [1.82, 2.24) is 0 Å². The molecule has 0 aliphatic carbocycles. The number of carbonyl (C=O) groups excluding carboxylic acids is 2. The van der Waals surface area contributed by atoms with Gasteiger partial charge in [0.05, 0.1) is 23.5 Å². The Bertz CT molecular complexity index is 1200. The van der Waals surface area contributed by atoms with Crippen LogP contribution in [0.25, 0.3) is 0 Å². The van der Waals surface area contributed by atoms with E-state index in [4.69, 9.17) is 27.9 Å². The molecule has 0 bridgehead atoms. The summed E-state index contributed by atoms with van der Waals surface area (Å²) >= 11 is 12.1. The smallest absolute Gasteiger partial charge is 0.338 e. The van der Waals surface area contributed by atoms with Gasteiger partial charge in [-0.05, 0) is 67.6 Å². The van der Waals surface area contributed by atoms with E-state index in [2.05, 4.69) is 20.4 Å². The summed E-state index contributed by atoms with van der Waals surface area (Å²) < 4.78 is 5.14. The summed E-state index contributed by atoms with van der Waals surface area (Å²) in [7, 11) is 0.